The summed E-state index contributed by atoms with van der Waals surface area (Å²) < 4.78 is 0. The van der Waals surface area contributed by atoms with Gasteiger partial charge in [-0.3, -0.25) is 14.8 Å². The maximum atomic E-state index is 12.9. The second-order valence-corrected chi connectivity index (χ2v) is 8.09. The molecule has 28 heavy (non-hydrogen) atoms. The van der Waals surface area contributed by atoms with Crippen molar-refractivity contribution in [2.45, 2.75) is 26.2 Å². The summed E-state index contributed by atoms with van der Waals surface area (Å²) in [5, 5.41) is 6.69. The topological polar surface area (TPSA) is 52.2 Å². The third-order valence-electron chi connectivity index (χ3n) is 6.22. The molecule has 2 unspecified atom stereocenters. The van der Waals surface area contributed by atoms with Crippen LogP contribution in [0.15, 0.2) is 42.7 Å². The Kier molecular flexibility index (Phi) is 5.50. The molecule has 0 aliphatic carbocycles. The van der Waals surface area contributed by atoms with E-state index in [1.807, 2.05) is 4.90 Å². The first-order valence-corrected chi connectivity index (χ1v) is 10.2. The Morgan fingerprint density at radius 2 is 2.11 bits per heavy atom. The van der Waals surface area contributed by atoms with Crippen molar-refractivity contribution in [3.8, 4) is 11.8 Å². The Morgan fingerprint density at radius 3 is 2.86 bits per heavy atom. The van der Waals surface area contributed by atoms with Crippen LogP contribution in [-0.4, -0.2) is 58.6 Å². The van der Waals surface area contributed by atoms with Crippen molar-refractivity contribution in [2.75, 3.05) is 32.7 Å². The lowest BCUT2D eigenvalue weighted by atomic mass is 9.76. The Hall–Kier alpha value is -2.58. The lowest BCUT2D eigenvalue weighted by molar-refractivity contribution is 0.0758. The number of rotatable bonds is 5. The molecule has 0 bridgehead atoms. The highest BCUT2D eigenvalue weighted by molar-refractivity contribution is 5.94. The average molecular weight is 377 g/mol. The number of hydrogen-bond donors (Lipinski definition) is 1. The van der Waals surface area contributed by atoms with Crippen molar-refractivity contribution in [3.05, 3.63) is 53.9 Å². The van der Waals surface area contributed by atoms with Crippen molar-refractivity contribution in [1.82, 2.24) is 20.0 Å². The molecule has 2 saturated heterocycles. The van der Waals surface area contributed by atoms with Crippen LogP contribution < -0.4 is 0 Å². The summed E-state index contributed by atoms with van der Waals surface area (Å²) >= 11 is 0. The van der Waals surface area contributed by atoms with E-state index in [1.165, 1.54) is 5.56 Å². The Morgan fingerprint density at radius 1 is 1.25 bits per heavy atom. The molecule has 1 N–H and O–H groups in total. The molecule has 1 aromatic carbocycles. The summed E-state index contributed by atoms with van der Waals surface area (Å²) in [5.74, 6) is 7.09. The molecule has 2 aliphatic rings. The van der Waals surface area contributed by atoms with Gasteiger partial charge in [0.15, 0.2) is 0 Å². The highest BCUT2D eigenvalue weighted by atomic mass is 16.2. The Labute approximate surface area is 167 Å². The number of amides is 1. The number of aromatic amines is 1. The molecular weight excluding hydrogens is 348 g/mol. The zero-order chi connectivity index (χ0) is 19.4. The van der Waals surface area contributed by atoms with Crippen molar-refractivity contribution in [3.63, 3.8) is 0 Å². The molecule has 5 heteroatoms. The van der Waals surface area contributed by atoms with Crippen LogP contribution in [0.1, 0.15) is 35.7 Å². The summed E-state index contributed by atoms with van der Waals surface area (Å²) in [7, 11) is 0. The van der Waals surface area contributed by atoms with E-state index in [4.69, 9.17) is 0 Å². The van der Waals surface area contributed by atoms with Gasteiger partial charge in [-0.05, 0) is 24.3 Å². The maximum Gasteiger partial charge on any atom is 0.257 e. The number of benzene rings is 1. The van der Waals surface area contributed by atoms with Crippen molar-refractivity contribution in [2.24, 2.45) is 11.3 Å². The van der Waals surface area contributed by atoms with Crippen molar-refractivity contribution in [1.29, 1.82) is 0 Å². The molecule has 0 saturated carbocycles. The van der Waals surface area contributed by atoms with Gasteiger partial charge in [-0.2, -0.15) is 5.10 Å². The summed E-state index contributed by atoms with van der Waals surface area (Å²) in [6.45, 7) is 6.64. The van der Waals surface area contributed by atoms with Gasteiger partial charge < -0.3 is 4.90 Å². The minimum Gasteiger partial charge on any atom is -0.338 e. The van der Waals surface area contributed by atoms with E-state index in [0.29, 0.717) is 11.5 Å². The predicted molar refractivity (Wildman–Crippen MR) is 110 cm³/mol. The van der Waals surface area contributed by atoms with Gasteiger partial charge in [0.1, 0.15) is 0 Å². The number of likely N-dealkylation sites (tertiary alicyclic amines) is 2. The van der Waals surface area contributed by atoms with E-state index in [1.54, 1.807) is 12.4 Å². The van der Waals surface area contributed by atoms with Gasteiger partial charge in [-0.25, -0.2) is 0 Å². The van der Waals surface area contributed by atoms with Crippen LogP contribution in [0.3, 0.4) is 0 Å². The number of H-pyrrole nitrogens is 1. The fourth-order valence-electron chi connectivity index (χ4n) is 4.80. The summed E-state index contributed by atoms with van der Waals surface area (Å²) in [6.07, 6.45) is 6.39. The van der Waals surface area contributed by atoms with Gasteiger partial charge in [-0.15, -0.1) is 5.92 Å². The molecule has 1 amide bonds. The van der Waals surface area contributed by atoms with E-state index in [9.17, 15) is 4.79 Å². The molecule has 2 fully saturated rings. The van der Waals surface area contributed by atoms with E-state index in [0.717, 1.165) is 52.0 Å². The van der Waals surface area contributed by atoms with Crippen LogP contribution in [0, 0.1) is 23.2 Å². The van der Waals surface area contributed by atoms with Crippen LogP contribution in [0.25, 0.3) is 0 Å². The second kappa shape index (κ2) is 8.20. The van der Waals surface area contributed by atoms with E-state index in [-0.39, 0.29) is 11.3 Å². The van der Waals surface area contributed by atoms with Gasteiger partial charge in [0, 0.05) is 44.2 Å². The molecule has 3 heterocycles. The molecule has 2 aliphatic heterocycles. The third-order valence-corrected chi connectivity index (χ3v) is 6.22. The highest BCUT2D eigenvalue weighted by Crippen LogP contribution is 2.46. The number of nitrogens with one attached hydrogen (secondary N) is 1. The van der Waals surface area contributed by atoms with Gasteiger partial charge in [0.05, 0.1) is 18.3 Å². The minimum atomic E-state index is 0.0968. The van der Waals surface area contributed by atoms with E-state index >= 15 is 0 Å². The first-order chi connectivity index (χ1) is 13.7. The number of fused-ring (bicyclic) bond motifs is 1. The summed E-state index contributed by atoms with van der Waals surface area (Å²) in [6, 6.07) is 10.7. The number of carbonyl (C=O) groups is 1. The fraction of sp³-hybridized carbons (Fsp3) is 0.478. The van der Waals surface area contributed by atoms with Crippen molar-refractivity contribution < 1.29 is 4.79 Å². The number of hydrogen-bond acceptors (Lipinski definition) is 3. The summed E-state index contributed by atoms with van der Waals surface area (Å²) in [4.78, 5) is 17.4. The standard InChI is InChI=1S/C23H28N4O/c1-2-3-7-12-26-15-21-16-27(22(28)20-13-24-25-14-20)18-23(21,17-26)11-10-19-8-5-4-6-9-19/h4-6,8-9,13-14,21H,2,10-12,15-18H2,1H3,(H,24,25). The molecule has 146 valence electrons. The normalized spacial score (nSPS) is 24.0. The zero-order valence-electron chi connectivity index (χ0n) is 16.5. The van der Waals surface area contributed by atoms with Gasteiger partial charge in [0.25, 0.3) is 5.91 Å². The van der Waals surface area contributed by atoms with Crippen LogP contribution in [0.2, 0.25) is 0 Å². The predicted octanol–water partition coefficient (Wildman–Crippen LogP) is 2.83. The third kappa shape index (κ3) is 3.83. The molecule has 0 spiro atoms. The number of carbonyl (C=O) groups excluding carboxylic acids is 1. The molecule has 0 radical (unpaired) electrons. The SMILES string of the molecule is CCC#CCN1CC2CN(C(=O)c3cn[nH]c3)CC2(CCc2ccccc2)C1. The minimum absolute atomic E-state index is 0.0968. The first kappa shape index (κ1) is 18.8. The Balaban J connectivity index is 1.49. The molecule has 2 atom stereocenters. The smallest absolute Gasteiger partial charge is 0.257 e. The van der Waals surface area contributed by atoms with Gasteiger partial charge in [-0.1, -0.05) is 43.2 Å². The van der Waals surface area contributed by atoms with E-state index in [2.05, 4.69) is 64.2 Å². The number of aryl methyl sites for hydroxylation is 1. The van der Waals surface area contributed by atoms with Crippen LogP contribution >= 0.6 is 0 Å². The van der Waals surface area contributed by atoms with Gasteiger partial charge in [0.2, 0.25) is 0 Å². The number of nitrogens with zero attached hydrogens (tertiary/aromatic N) is 3. The van der Waals surface area contributed by atoms with Gasteiger partial charge >= 0.3 is 0 Å². The van der Waals surface area contributed by atoms with Crippen LogP contribution in [0.5, 0.6) is 0 Å². The lowest BCUT2D eigenvalue weighted by Gasteiger charge is -2.29. The number of aromatic nitrogens is 2. The molecule has 1 aromatic heterocycles. The monoisotopic (exact) mass is 376 g/mol. The highest BCUT2D eigenvalue weighted by Gasteiger charge is 2.52. The largest absolute Gasteiger partial charge is 0.338 e. The fourth-order valence-corrected chi connectivity index (χ4v) is 4.80. The molecule has 2 aromatic rings. The molecule has 4 rings (SSSR count). The average Bonchev–Trinajstić information content (AvgIpc) is 3.42. The lowest BCUT2D eigenvalue weighted by Crippen LogP contribution is -2.37. The van der Waals surface area contributed by atoms with Crippen LogP contribution in [-0.2, 0) is 6.42 Å². The molecular formula is C23H28N4O. The Bertz CT molecular complexity index is 852. The quantitative estimate of drug-likeness (QED) is 0.817. The maximum absolute atomic E-state index is 12.9. The zero-order valence-corrected chi connectivity index (χ0v) is 16.5. The van der Waals surface area contributed by atoms with Crippen molar-refractivity contribution >= 4 is 5.91 Å². The van der Waals surface area contributed by atoms with E-state index < -0.39 is 0 Å². The summed E-state index contributed by atoms with van der Waals surface area (Å²) in [5.41, 5.74) is 2.19. The molecule has 5 nitrogen and oxygen atoms in total. The first-order valence-electron chi connectivity index (χ1n) is 10.2. The second-order valence-electron chi connectivity index (χ2n) is 8.09. The van der Waals surface area contributed by atoms with Crippen LogP contribution in [0.4, 0.5) is 0 Å².